The molecular weight excluding hydrogens is 340 g/mol. The molecule has 0 unspecified atom stereocenters. The van der Waals surface area contributed by atoms with Crippen molar-refractivity contribution in [2.24, 2.45) is 0 Å². The van der Waals surface area contributed by atoms with Gasteiger partial charge in [0.15, 0.2) is 0 Å². The lowest BCUT2D eigenvalue weighted by molar-refractivity contribution is 0.0332. The quantitative estimate of drug-likeness (QED) is 0.816. The van der Waals surface area contributed by atoms with Crippen molar-refractivity contribution in [2.75, 3.05) is 40.0 Å². The van der Waals surface area contributed by atoms with Crippen LogP contribution in [0.3, 0.4) is 0 Å². The second-order valence-corrected chi connectivity index (χ2v) is 6.98. The van der Waals surface area contributed by atoms with Gasteiger partial charge in [0, 0.05) is 32.3 Å². The van der Waals surface area contributed by atoms with E-state index in [1.807, 2.05) is 24.3 Å². The molecular formula is C22H28N2O3. The highest BCUT2D eigenvalue weighted by Gasteiger charge is 2.20. The zero-order valence-corrected chi connectivity index (χ0v) is 16.1. The number of aryl methyl sites for hydroxylation is 1. The lowest BCUT2D eigenvalue weighted by Crippen LogP contribution is -2.43. The number of hydrogen-bond acceptors (Lipinski definition) is 4. The Morgan fingerprint density at radius 2 is 1.78 bits per heavy atom. The van der Waals surface area contributed by atoms with Gasteiger partial charge in [0.25, 0.3) is 5.91 Å². The number of amides is 1. The molecule has 1 aliphatic rings. The molecule has 0 saturated carbocycles. The highest BCUT2D eigenvalue weighted by atomic mass is 16.5. The smallest absolute Gasteiger partial charge is 0.251 e. The summed E-state index contributed by atoms with van der Waals surface area (Å²) in [5, 5.41) is 3.22. The van der Waals surface area contributed by atoms with Crippen molar-refractivity contribution in [1.82, 2.24) is 10.2 Å². The number of morpholine rings is 1. The summed E-state index contributed by atoms with van der Waals surface area (Å²) in [7, 11) is 1.67. The van der Waals surface area contributed by atoms with Gasteiger partial charge < -0.3 is 14.8 Å². The van der Waals surface area contributed by atoms with Gasteiger partial charge in [-0.15, -0.1) is 0 Å². The number of ether oxygens (including phenoxy) is 2. The Kier molecular flexibility index (Phi) is 6.98. The van der Waals surface area contributed by atoms with Crippen molar-refractivity contribution in [1.29, 1.82) is 0 Å². The van der Waals surface area contributed by atoms with Crippen LogP contribution in [0.25, 0.3) is 0 Å². The van der Waals surface area contributed by atoms with E-state index in [2.05, 4.69) is 41.4 Å². The molecule has 1 atom stereocenters. The number of carbonyl (C=O) groups excluding carboxylic acids is 1. The summed E-state index contributed by atoms with van der Waals surface area (Å²) < 4.78 is 10.6. The third kappa shape index (κ3) is 5.63. The second-order valence-electron chi connectivity index (χ2n) is 6.98. The molecule has 0 spiro atoms. The van der Waals surface area contributed by atoms with Gasteiger partial charge in [0.1, 0.15) is 0 Å². The van der Waals surface area contributed by atoms with Crippen LogP contribution in [0.15, 0.2) is 48.5 Å². The van der Waals surface area contributed by atoms with Crippen LogP contribution in [0.4, 0.5) is 0 Å². The maximum Gasteiger partial charge on any atom is 0.251 e. The highest BCUT2D eigenvalue weighted by molar-refractivity contribution is 5.94. The molecule has 144 valence electrons. The molecule has 1 aliphatic heterocycles. The molecule has 3 rings (SSSR count). The second kappa shape index (κ2) is 9.65. The normalized spacial score (nSPS) is 16.1. The Morgan fingerprint density at radius 1 is 1.11 bits per heavy atom. The summed E-state index contributed by atoms with van der Waals surface area (Å²) in [6.07, 6.45) is 0. The molecule has 1 heterocycles. The molecule has 0 aromatic heterocycles. The molecule has 1 saturated heterocycles. The van der Waals surface area contributed by atoms with Crippen molar-refractivity contribution >= 4 is 5.91 Å². The fourth-order valence-electron chi connectivity index (χ4n) is 3.24. The van der Waals surface area contributed by atoms with Gasteiger partial charge in [-0.25, -0.2) is 0 Å². The van der Waals surface area contributed by atoms with Crippen LogP contribution in [0.1, 0.15) is 33.1 Å². The van der Waals surface area contributed by atoms with Gasteiger partial charge in [0.2, 0.25) is 0 Å². The average molecular weight is 368 g/mol. The summed E-state index contributed by atoms with van der Waals surface area (Å²) in [6, 6.07) is 15.9. The monoisotopic (exact) mass is 368 g/mol. The van der Waals surface area contributed by atoms with E-state index in [0.717, 1.165) is 44.0 Å². The van der Waals surface area contributed by atoms with Crippen LogP contribution >= 0.6 is 0 Å². The van der Waals surface area contributed by atoms with Crippen LogP contribution in [0.5, 0.6) is 0 Å². The number of nitrogens with one attached hydrogen (secondary N) is 1. The van der Waals surface area contributed by atoms with Crippen LogP contribution in [-0.2, 0) is 16.1 Å². The number of methoxy groups -OCH3 is 1. The van der Waals surface area contributed by atoms with E-state index < -0.39 is 0 Å². The first-order valence-electron chi connectivity index (χ1n) is 9.41. The molecule has 0 aliphatic carbocycles. The van der Waals surface area contributed by atoms with E-state index in [9.17, 15) is 4.79 Å². The van der Waals surface area contributed by atoms with Gasteiger partial charge in [-0.1, -0.05) is 42.0 Å². The van der Waals surface area contributed by atoms with E-state index in [4.69, 9.17) is 9.47 Å². The number of benzene rings is 2. The minimum atomic E-state index is -0.0603. The van der Waals surface area contributed by atoms with E-state index in [1.165, 1.54) is 5.56 Å². The number of rotatable bonds is 7. The maximum atomic E-state index is 12.8. The number of hydrogen-bond donors (Lipinski definition) is 1. The highest BCUT2D eigenvalue weighted by Crippen LogP contribution is 2.17. The summed E-state index contributed by atoms with van der Waals surface area (Å²) >= 11 is 0. The Labute approximate surface area is 161 Å². The Hall–Kier alpha value is -2.21. The molecule has 2 aromatic carbocycles. The van der Waals surface area contributed by atoms with E-state index in [1.54, 1.807) is 7.11 Å². The van der Waals surface area contributed by atoms with Crippen LogP contribution in [0, 0.1) is 6.92 Å². The first kappa shape index (κ1) is 19.5. The Bertz CT molecular complexity index is 722. The fourth-order valence-corrected chi connectivity index (χ4v) is 3.24. The van der Waals surface area contributed by atoms with Crippen molar-refractivity contribution in [3.63, 3.8) is 0 Å². The van der Waals surface area contributed by atoms with Crippen molar-refractivity contribution in [2.45, 2.75) is 19.6 Å². The summed E-state index contributed by atoms with van der Waals surface area (Å²) in [4.78, 5) is 15.2. The van der Waals surface area contributed by atoms with E-state index >= 15 is 0 Å². The molecule has 0 bridgehead atoms. The first-order chi connectivity index (χ1) is 13.2. The topological polar surface area (TPSA) is 50.8 Å². The predicted molar refractivity (Wildman–Crippen MR) is 106 cm³/mol. The number of carbonyl (C=O) groups is 1. The van der Waals surface area contributed by atoms with Gasteiger partial charge in [-0.2, -0.15) is 0 Å². The standard InChI is InChI=1S/C22H28N2O3/c1-17-3-7-19(8-4-17)21(15-24-11-13-27-14-12-24)23-22(25)20-9-5-18(6-10-20)16-26-2/h3-10,21H,11-16H2,1-2H3,(H,23,25)/t21-/m1/s1. The van der Waals surface area contributed by atoms with Crippen molar-refractivity contribution < 1.29 is 14.3 Å². The predicted octanol–water partition coefficient (Wildman–Crippen LogP) is 2.94. The van der Waals surface area contributed by atoms with Crippen LogP contribution < -0.4 is 5.32 Å². The zero-order valence-electron chi connectivity index (χ0n) is 16.1. The van der Waals surface area contributed by atoms with Crippen molar-refractivity contribution in [3.05, 3.63) is 70.8 Å². The third-order valence-electron chi connectivity index (χ3n) is 4.86. The van der Waals surface area contributed by atoms with E-state index in [0.29, 0.717) is 12.2 Å². The van der Waals surface area contributed by atoms with Crippen LogP contribution in [0.2, 0.25) is 0 Å². The SMILES string of the molecule is COCc1ccc(C(=O)N[C@H](CN2CCOCC2)c2ccc(C)cc2)cc1. The molecule has 2 aromatic rings. The lowest BCUT2D eigenvalue weighted by Gasteiger charge is -2.31. The van der Waals surface area contributed by atoms with Gasteiger partial charge in [-0.3, -0.25) is 9.69 Å². The van der Waals surface area contributed by atoms with Gasteiger partial charge in [0.05, 0.1) is 25.9 Å². The first-order valence-corrected chi connectivity index (χ1v) is 9.41. The fraction of sp³-hybridized carbons (Fsp3) is 0.409. The van der Waals surface area contributed by atoms with Gasteiger partial charge in [-0.05, 0) is 30.2 Å². The minimum Gasteiger partial charge on any atom is -0.380 e. The molecule has 0 radical (unpaired) electrons. The largest absolute Gasteiger partial charge is 0.380 e. The molecule has 1 amide bonds. The lowest BCUT2D eigenvalue weighted by atomic mass is 10.0. The van der Waals surface area contributed by atoms with Gasteiger partial charge >= 0.3 is 0 Å². The average Bonchev–Trinajstić information content (AvgIpc) is 2.70. The summed E-state index contributed by atoms with van der Waals surface area (Å²) in [6.45, 7) is 6.67. The van der Waals surface area contributed by atoms with Crippen molar-refractivity contribution in [3.8, 4) is 0 Å². The molecule has 1 fully saturated rings. The molecule has 5 heteroatoms. The minimum absolute atomic E-state index is 0.0576. The molecule has 1 N–H and O–H groups in total. The molecule has 5 nitrogen and oxygen atoms in total. The maximum absolute atomic E-state index is 12.8. The zero-order chi connectivity index (χ0) is 19.1. The summed E-state index contributed by atoms with van der Waals surface area (Å²) in [5.41, 5.74) is 4.05. The Balaban J connectivity index is 1.72. The summed E-state index contributed by atoms with van der Waals surface area (Å²) in [5.74, 6) is -0.0576. The van der Waals surface area contributed by atoms with E-state index in [-0.39, 0.29) is 11.9 Å². The Morgan fingerprint density at radius 3 is 2.41 bits per heavy atom. The molecule has 27 heavy (non-hydrogen) atoms. The number of nitrogens with zero attached hydrogens (tertiary/aromatic N) is 1. The van der Waals surface area contributed by atoms with Crippen LogP contribution in [-0.4, -0.2) is 50.8 Å². The third-order valence-corrected chi connectivity index (χ3v) is 4.86.